The molecule has 1 N–H and O–H groups in total. The van der Waals surface area contributed by atoms with Gasteiger partial charge >= 0.3 is 0 Å². The number of carbonyl (C=O) groups excluding carboxylic acids is 1. The molecule has 0 aliphatic heterocycles. The van der Waals surface area contributed by atoms with Gasteiger partial charge in [-0.15, -0.1) is 11.8 Å². The molecule has 0 heterocycles. The first-order valence-corrected chi connectivity index (χ1v) is 7.07. The lowest BCUT2D eigenvalue weighted by Gasteiger charge is -2.06. The van der Waals surface area contributed by atoms with Crippen LogP contribution in [0.5, 0.6) is 5.75 Å². The van der Waals surface area contributed by atoms with Crippen molar-refractivity contribution in [3.8, 4) is 5.75 Å². The lowest BCUT2D eigenvalue weighted by molar-refractivity contribution is 0.102. The molecule has 0 atom stereocenters. The van der Waals surface area contributed by atoms with Crippen LogP contribution in [0, 0.1) is 13.8 Å². The van der Waals surface area contributed by atoms with Crippen molar-refractivity contribution in [1.82, 2.24) is 0 Å². The molecular formula is C16H16O2S. The average Bonchev–Trinajstić information content (AvgIpc) is 2.38. The fourth-order valence-corrected chi connectivity index (χ4v) is 2.74. The Labute approximate surface area is 117 Å². The normalized spacial score (nSPS) is 10.4. The van der Waals surface area contributed by atoms with Crippen LogP contribution in [0.25, 0.3) is 0 Å². The SMILES string of the molecule is Cc1ccc(SCC(=O)c2ccc(O)cc2)c(C)c1. The number of hydrogen-bond donors (Lipinski definition) is 1. The van der Waals surface area contributed by atoms with Crippen LogP contribution in [0.1, 0.15) is 21.5 Å². The zero-order chi connectivity index (χ0) is 13.8. The average molecular weight is 272 g/mol. The van der Waals surface area contributed by atoms with Crippen molar-refractivity contribution < 1.29 is 9.90 Å². The molecule has 2 nitrogen and oxygen atoms in total. The Morgan fingerprint density at radius 3 is 2.42 bits per heavy atom. The molecule has 2 aromatic carbocycles. The molecule has 0 aromatic heterocycles. The molecule has 2 rings (SSSR count). The minimum Gasteiger partial charge on any atom is -0.508 e. The van der Waals surface area contributed by atoms with Crippen molar-refractivity contribution in [1.29, 1.82) is 0 Å². The third kappa shape index (κ3) is 3.61. The molecule has 0 aliphatic rings. The van der Waals surface area contributed by atoms with E-state index >= 15 is 0 Å². The van der Waals surface area contributed by atoms with Crippen LogP contribution in [0.15, 0.2) is 47.4 Å². The van der Waals surface area contributed by atoms with Gasteiger partial charge in [-0.25, -0.2) is 0 Å². The van der Waals surface area contributed by atoms with E-state index in [4.69, 9.17) is 0 Å². The maximum absolute atomic E-state index is 12.0. The summed E-state index contributed by atoms with van der Waals surface area (Å²) in [5.41, 5.74) is 3.06. The second-order valence-electron chi connectivity index (χ2n) is 4.53. The van der Waals surface area contributed by atoms with Gasteiger partial charge in [0, 0.05) is 10.5 Å². The number of phenolic OH excluding ortho intramolecular Hbond substituents is 1. The molecule has 0 unspecified atom stereocenters. The molecule has 2 aromatic rings. The zero-order valence-electron chi connectivity index (χ0n) is 11.0. The zero-order valence-corrected chi connectivity index (χ0v) is 11.8. The minimum absolute atomic E-state index is 0.0741. The quantitative estimate of drug-likeness (QED) is 0.675. The molecule has 0 bridgehead atoms. The summed E-state index contributed by atoms with van der Waals surface area (Å²) >= 11 is 1.55. The van der Waals surface area contributed by atoms with Crippen LogP contribution in [-0.2, 0) is 0 Å². The van der Waals surface area contributed by atoms with E-state index in [0.29, 0.717) is 11.3 Å². The van der Waals surface area contributed by atoms with Gasteiger partial charge in [-0.1, -0.05) is 17.7 Å². The van der Waals surface area contributed by atoms with Gasteiger partial charge in [-0.3, -0.25) is 4.79 Å². The molecule has 0 amide bonds. The maximum Gasteiger partial charge on any atom is 0.173 e. The van der Waals surface area contributed by atoms with Crippen molar-refractivity contribution in [3.63, 3.8) is 0 Å². The summed E-state index contributed by atoms with van der Waals surface area (Å²) in [5, 5.41) is 9.19. The Morgan fingerprint density at radius 1 is 1.11 bits per heavy atom. The van der Waals surface area contributed by atoms with Gasteiger partial charge < -0.3 is 5.11 Å². The first-order chi connectivity index (χ1) is 9.06. The molecule has 0 spiro atoms. The van der Waals surface area contributed by atoms with Crippen LogP contribution in [0.2, 0.25) is 0 Å². The van der Waals surface area contributed by atoms with Gasteiger partial charge in [0.25, 0.3) is 0 Å². The molecule has 3 heteroatoms. The highest BCUT2D eigenvalue weighted by atomic mass is 32.2. The Bertz CT molecular complexity index is 588. The number of thioether (sulfide) groups is 1. The van der Waals surface area contributed by atoms with E-state index in [0.717, 1.165) is 4.90 Å². The molecule has 0 saturated carbocycles. The summed E-state index contributed by atoms with van der Waals surface area (Å²) in [4.78, 5) is 13.1. The summed E-state index contributed by atoms with van der Waals surface area (Å²) in [6, 6.07) is 12.6. The van der Waals surface area contributed by atoms with Crippen molar-refractivity contribution in [2.75, 3.05) is 5.75 Å². The van der Waals surface area contributed by atoms with E-state index in [-0.39, 0.29) is 11.5 Å². The van der Waals surface area contributed by atoms with Crippen molar-refractivity contribution in [3.05, 3.63) is 59.2 Å². The Balaban J connectivity index is 2.02. The predicted octanol–water partition coefficient (Wildman–Crippen LogP) is 3.98. The van der Waals surface area contributed by atoms with Crippen LogP contribution in [0.3, 0.4) is 0 Å². The first kappa shape index (κ1) is 13.7. The Morgan fingerprint density at radius 2 is 1.79 bits per heavy atom. The Kier molecular flexibility index (Phi) is 4.27. The molecule has 0 saturated heterocycles. The number of aryl methyl sites for hydroxylation is 2. The number of ketones is 1. The number of phenols is 1. The highest BCUT2D eigenvalue weighted by molar-refractivity contribution is 8.00. The molecule has 19 heavy (non-hydrogen) atoms. The number of hydrogen-bond acceptors (Lipinski definition) is 3. The van der Waals surface area contributed by atoms with E-state index in [1.54, 1.807) is 23.9 Å². The molecule has 98 valence electrons. The summed E-state index contributed by atoms with van der Waals surface area (Å²) in [5.74, 6) is 0.665. The third-order valence-electron chi connectivity index (χ3n) is 2.88. The van der Waals surface area contributed by atoms with Crippen molar-refractivity contribution in [2.45, 2.75) is 18.7 Å². The van der Waals surface area contributed by atoms with E-state index in [1.165, 1.54) is 23.3 Å². The van der Waals surface area contributed by atoms with Crippen LogP contribution in [-0.4, -0.2) is 16.6 Å². The fraction of sp³-hybridized carbons (Fsp3) is 0.188. The lowest BCUT2D eigenvalue weighted by Crippen LogP contribution is -2.02. The second kappa shape index (κ2) is 5.93. The number of benzene rings is 2. The summed E-state index contributed by atoms with van der Waals surface area (Å²) < 4.78 is 0. The number of carbonyl (C=O) groups is 1. The van der Waals surface area contributed by atoms with E-state index < -0.39 is 0 Å². The monoisotopic (exact) mass is 272 g/mol. The first-order valence-electron chi connectivity index (χ1n) is 6.08. The third-order valence-corrected chi connectivity index (χ3v) is 4.05. The highest BCUT2D eigenvalue weighted by Crippen LogP contribution is 2.24. The van der Waals surface area contributed by atoms with Gasteiger partial charge in [0.1, 0.15) is 5.75 Å². The van der Waals surface area contributed by atoms with Crippen molar-refractivity contribution in [2.24, 2.45) is 0 Å². The fourth-order valence-electron chi connectivity index (χ4n) is 1.84. The maximum atomic E-state index is 12.0. The molecule has 0 aliphatic carbocycles. The van der Waals surface area contributed by atoms with Gasteiger partial charge in [0.2, 0.25) is 0 Å². The number of rotatable bonds is 4. The minimum atomic E-state index is 0.0741. The van der Waals surface area contributed by atoms with Crippen molar-refractivity contribution >= 4 is 17.5 Å². The summed E-state index contributed by atoms with van der Waals surface area (Å²) in [7, 11) is 0. The topological polar surface area (TPSA) is 37.3 Å². The van der Waals surface area contributed by atoms with E-state index in [2.05, 4.69) is 32.0 Å². The van der Waals surface area contributed by atoms with Gasteiger partial charge in [-0.2, -0.15) is 0 Å². The predicted molar refractivity (Wildman–Crippen MR) is 79.1 cm³/mol. The van der Waals surface area contributed by atoms with E-state index in [9.17, 15) is 9.90 Å². The van der Waals surface area contributed by atoms with Gasteiger partial charge in [0.05, 0.1) is 5.75 Å². The van der Waals surface area contributed by atoms with Crippen LogP contribution >= 0.6 is 11.8 Å². The number of Topliss-reactive ketones (excluding diaryl/α,β-unsaturated/α-hetero) is 1. The van der Waals surface area contributed by atoms with Crippen LogP contribution < -0.4 is 0 Å². The molecular weight excluding hydrogens is 256 g/mol. The van der Waals surface area contributed by atoms with Gasteiger partial charge in [-0.05, 0) is 49.7 Å². The standard InChI is InChI=1S/C16H16O2S/c1-11-3-8-16(12(2)9-11)19-10-15(18)13-4-6-14(17)7-5-13/h3-9,17H,10H2,1-2H3. The largest absolute Gasteiger partial charge is 0.508 e. The molecule has 0 fully saturated rings. The van der Waals surface area contributed by atoms with Gasteiger partial charge in [0.15, 0.2) is 5.78 Å². The second-order valence-corrected chi connectivity index (χ2v) is 5.54. The summed E-state index contributed by atoms with van der Waals surface area (Å²) in [6.45, 7) is 4.11. The molecule has 0 radical (unpaired) electrons. The highest BCUT2D eigenvalue weighted by Gasteiger charge is 2.08. The number of aromatic hydroxyl groups is 1. The summed E-state index contributed by atoms with van der Waals surface area (Å²) in [6.07, 6.45) is 0. The lowest BCUT2D eigenvalue weighted by atomic mass is 10.1. The Hall–Kier alpha value is -1.74. The smallest absolute Gasteiger partial charge is 0.173 e. The van der Waals surface area contributed by atoms with E-state index in [1.807, 2.05) is 0 Å². The van der Waals surface area contributed by atoms with Crippen LogP contribution in [0.4, 0.5) is 0 Å².